The highest BCUT2D eigenvalue weighted by Crippen LogP contribution is 2.39. The van der Waals surface area contributed by atoms with E-state index < -0.39 is 24.3 Å². The first-order valence-corrected chi connectivity index (χ1v) is 9.21. The average molecular weight is 393 g/mol. The van der Waals surface area contributed by atoms with E-state index in [9.17, 15) is 13.2 Å². The lowest BCUT2D eigenvalue weighted by Gasteiger charge is -2.52. The molecule has 0 spiro atoms. The van der Waals surface area contributed by atoms with Crippen molar-refractivity contribution in [1.29, 1.82) is 0 Å². The van der Waals surface area contributed by atoms with Crippen LogP contribution in [0, 0.1) is 5.82 Å². The molecule has 4 nitrogen and oxygen atoms in total. The summed E-state index contributed by atoms with van der Waals surface area (Å²) in [5, 5.41) is 12.0. The number of nitrogens with zero attached hydrogens (tertiary/aromatic N) is 1. The van der Waals surface area contributed by atoms with Gasteiger partial charge in [0, 0.05) is 35.9 Å². The molecule has 1 aliphatic heterocycles. The van der Waals surface area contributed by atoms with Crippen LogP contribution in [0.2, 0.25) is 5.02 Å². The highest BCUT2D eigenvalue weighted by atomic mass is 35.5. The van der Waals surface area contributed by atoms with Crippen molar-refractivity contribution in [2.75, 3.05) is 18.1 Å². The number of hydrogen-bond acceptors (Lipinski definition) is 4. The van der Waals surface area contributed by atoms with Crippen molar-refractivity contribution in [2.45, 2.75) is 63.3 Å². The smallest absolute Gasteiger partial charge is 0.421 e. The minimum atomic E-state index is -3.89. The number of benzene rings is 1. The number of ether oxygens (including phenoxy) is 1. The van der Waals surface area contributed by atoms with Gasteiger partial charge in [-0.15, -0.1) is 0 Å². The van der Waals surface area contributed by atoms with Gasteiger partial charge in [0.25, 0.3) is 0 Å². The van der Waals surface area contributed by atoms with E-state index in [1.807, 2.05) is 0 Å². The van der Waals surface area contributed by atoms with E-state index in [0.29, 0.717) is 18.3 Å². The molecule has 2 aliphatic rings. The summed E-state index contributed by atoms with van der Waals surface area (Å²) < 4.78 is 45.3. The molecule has 0 aromatic heterocycles. The van der Waals surface area contributed by atoms with Gasteiger partial charge in [0.2, 0.25) is 0 Å². The fourth-order valence-electron chi connectivity index (χ4n) is 4.02. The van der Waals surface area contributed by atoms with Gasteiger partial charge < -0.3 is 20.1 Å². The average Bonchev–Trinajstić information content (AvgIpc) is 2.56. The Labute approximate surface area is 156 Å². The van der Waals surface area contributed by atoms with E-state index in [1.165, 1.54) is 12.1 Å². The van der Waals surface area contributed by atoms with Crippen molar-refractivity contribution >= 4 is 17.3 Å². The summed E-state index contributed by atoms with van der Waals surface area (Å²) in [5.74, 6) is -1.71. The van der Waals surface area contributed by atoms with Crippen LogP contribution in [0.15, 0.2) is 12.1 Å². The molecule has 2 fully saturated rings. The van der Waals surface area contributed by atoms with Crippen LogP contribution < -0.4 is 15.0 Å². The topological polar surface area (TPSA) is 44.7 Å². The number of rotatable bonds is 4. The van der Waals surface area contributed by atoms with Gasteiger partial charge in [-0.3, -0.25) is 0 Å². The number of alkyl halides is 2. The number of aliphatic hydroxyl groups is 1. The summed E-state index contributed by atoms with van der Waals surface area (Å²) in [6, 6.07) is 3.14. The molecule has 146 valence electrons. The normalized spacial score (nSPS) is 25.7. The SMILES string of the molecule is CC1(C)CN(c2cc(F)c(OC(F)(F)CO)c(Cl)c2)[C@H]2CCCC[C@@H]2N1. The molecule has 0 radical (unpaired) electrons. The Hall–Kier alpha value is -1.18. The summed E-state index contributed by atoms with van der Waals surface area (Å²) in [6.45, 7) is 3.27. The summed E-state index contributed by atoms with van der Waals surface area (Å²) >= 11 is 6.04. The molecule has 1 aromatic carbocycles. The van der Waals surface area contributed by atoms with Crippen LogP contribution in [-0.2, 0) is 0 Å². The van der Waals surface area contributed by atoms with Crippen molar-refractivity contribution in [2.24, 2.45) is 0 Å². The maximum Gasteiger partial charge on any atom is 0.421 e. The van der Waals surface area contributed by atoms with Crippen molar-refractivity contribution in [1.82, 2.24) is 5.32 Å². The van der Waals surface area contributed by atoms with Crippen LogP contribution in [0.1, 0.15) is 39.5 Å². The first kappa shape index (κ1) is 19.6. The molecule has 1 heterocycles. The van der Waals surface area contributed by atoms with E-state index in [0.717, 1.165) is 25.7 Å². The highest BCUT2D eigenvalue weighted by molar-refractivity contribution is 6.32. The number of nitrogens with one attached hydrogen (secondary N) is 1. The quantitative estimate of drug-likeness (QED) is 0.814. The number of anilines is 1. The second kappa shape index (κ2) is 7.09. The maximum absolute atomic E-state index is 14.5. The highest BCUT2D eigenvalue weighted by Gasteiger charge is 2.41. The molecule has 0 unspecified atom stereocenters. The fraction of sp³-hybridized carbons (Fsp3) is 0.667. The molecule has 1 saturated heterocycles. The Kier molecular flexibility index (Phi) is 5.34. The lowest BCUT2D eigenvalue weighted by molar-refractivity contribution is -0.202. The minimum absolute atomic E-state index is 0.166. The third-order valence-electron chi connectivity index (χ3n) is 5.02. The predicted molar refractivity (Wildman–Crippen MR) is 94.7 cm³/mol. The van der Waals surface area contributed by atoms with Crippen molar-refractivity contribution in [3.63, 3.8) is 0 Å². The molecule has 26 heavy (non-hydrogen) atoms. The molecule has 0 amide bonds. The first-order valence-electron chi connectivity index (χ1n) is 8.83. The molecule has 2 N–H and O–H groups in total. The van der Waals surface area contributed by atoms with E-state index in [2.05, 4.69) is 28.8 Å². The lowest BCUT2D eigenvalue weighted by atomic mass is 9.83. The Balaban J connectivity index is 1.92. The van der Waals surface area contributed by atoms with Gasteiger partial charge in [-0.05, 0) is 32.8 Å². The molecule has 1 saturated carbocycles. The van der Waals surface area contributed by atoms with Crippen LogP contribution in [0.4, 0.5) is 18.9 Å². The van der Waals surface area contributed by atoms with Crippen molar-refractivity contribution < 1.29 is 23.0 Å². The molecular formula is C18H24ClF3N2O2. The zero-order valence-electron chi connectivity index (χ0n) is 14.9. The molecule has 0 bridgehead atoms. The van der Waals surface area contributed by atoms with E-state index in [-0.39, 0.29) is 16.6 Å². The lowest BCUT2D eigenvalue weighted by Crippen LogP contribution is -2.67. The summed E-state index contributed by atoms with van der Waals surface area (Å²) in [7, 11) is 0. The zero-order valence-corrected chi connectivity index (χ0v) is 15.6. The number of fused-ring (bicyclic) bond motifs is 1. The van der Waals surface area contributed by atoms with Gasteiger partial charge in [0.15, 0.2) is 11.6 Å². The molecule has 8 heteroatoms. The van der Waals surface area contributed by atoms with Gasteiger partial charge in [-0.1, -0.05) is 24.4 Å². The van der Waals surface area contributed by atoms with E-state index in [4.69, 9.17) is 16.7 Å². The van der Waals surface area contributed by atoms with E-state index in [1.54, 1.807) is 0 Å². The summed E-state index contributed by atoms with van der Waals surface area (Å²) in [4.78, 5) is 2.11. The monoisotopic (exact) mass is 392 g/mol. The van der Waals surface area contributed by atoms with Crippen LogP contribution in [0.25, 0.3) is 0 Å². The summed E-state index contributed by atoms with van der Waals surface area (Å²) in [6.07, 6.45) is 0.381. The van der Waals surface area contributed by atoms with Crippen LogP contribution >= 0.6 is 11.6 Å². The second-order valence-electron chi connectivity index (χ2n) is 7.75. The molecule has 1 aromatic rings. The van der Waals surface area contributed by atoms with Gasteiger partial charge >= 0.3 is 6.11 Å². The van der Waals surface area contributed by atoms with Gasteiger partial charge in [0.1, 0.15) is 6.61 Å². The van der Waals surface area contributed by atoms with Crippen LogP contribution in [-0.4, -0.2) is 42.0 Å². The third-order valence-corrected chi connectivity index (χ3v) is 5.30. The van der Waals surface area contributed by atoms with E-state index >= 15 is 0 Å². The molecule has 2 atom stereocenters. The van der Waals surface area contributed by atoms with Gasteiger partial charge in [-0.2, -0.15) is 8.78 Å². The van der Waals surface area contributed by atoms with Gasteiger partial charge in [-0.25, -0.2) is 4.39 Å². The zero-order chi connectivity index (χ0) is 19.1. The number of piperazine rings is 1. The molecular weight excluding hydrogens is 369 g/mol. The number of hydrogen-bond donors (Lipinski definition) is 2. The maximum atomic E-state index is 14.5. The Morgan fingerprint density at radius 1 is 1.35 bits per heavy atom. The van der Waals surface area contributed by atoms with Gasteiger partial charge in [0.05, 0.1) is 5.02 Å². The molecule has 1 aliphatic carbocycles. The minimum Gasteiger partial charge on any atom is -0.426 e. The van der Waals surface area contributed by atoms with Crippen molar-refractivity contribution in [3.8, 4) is 5.75 Å². The van der Waals surface area contributed by atoms with Crippen LogP contribution in [0.5, 0.6) is 5.75 Å². The predicted octanol–water partition coefficient (Wildman–Crippen LogP) is 3.94. The van der Waals surface area contributed by atoms with Crippen LogP contribution in [0.3, 0.4) is 0 Å². The van der Waals surface area contributed by atoms with Crippen molar-refractivity contribution in [3.05, 3.63) is 23.0 Å². The Morgan fingerprint density at radius 2 is 2.04 bits per heavy atom. The third kappa shape index (κ3) is 4.05. The number of aliphatic hydroxyl groups excluding tert-OH is 1. The second-order valence-corrected chi connectivity index (χ2v) is 8.16. The molecule has 3 rings (SSSR count). The Morgan fingerprint density at radius 3 is 2.69 bits per heavy atom. The number of halogens is 4. The fourth-order valence-corrected chi connectivity index (χ4v) is 4.26. The first-order chi connectivity index (χ1) is 12.1. The standard InChI is InChI=1S/C18H24ClF3N2O2/c1-17(2)9-24(15-6-4-3-5-14(15)23-17)11-7-12(19)16(13(20)8-11)26-18(21,22)10-25/h7-8,14-15,23,25H,3-6,9-10H2,1-2H3/t14-,15-/m0/s1. The summed E-state index contributed by atoms with van der Waals surface area (Å²) in [5.41, 5.74) is 0.388. The Bertz CT molecular complexity index is 649. The largest absolute Gasteiger partial charge is 0.426 e.